The Morgan fingerprint density at radius 1 is 0.918 bits per heavy atom. The summed E-state index contributed by atoms with van der Waals surface area (Å²) in [6.45, 7) is 7.38. The highest BCUT2D eigenvalue weighted by molar-refractivity contribution is 7.99. The first kappa shape index (κ1) is 34.4. The molecule has 1 aliphatic rings. The Morgan fingerprint density at radius 2 is 1.65 bits per heavy atom. The standard InChI is InChI=1S/C36H42N8O3S2/c1-26-23-32(41-40-26)37-34-33(47-4)35(44-21-19-43(20-22-44)18-17-42(2)3)39-36(38-34)48-30-13-15-31(16-14-30)49(45,46)25-27-9-8-12-29(24-27)28-10-6-5-7-11-28/h5-16,23-24H,17-22,25H2,1-4H3,(H2,37,38,39,40,41). The SMILES string of the molecule is COc1c(Nc2cc(C)[nH]n2)nc(Sc2ccc(S(=O)(=O)Cc3cccc(-c4ccccc4)c3)cc2)nc1N1CCN(CCN(C)C)CC1. The fraction of sp³-hybridized carbons (Fsp3) is 0.306. The zero-order chi connectivity index (χ0) is 34.4. The van der Waals surface area contributed by atoms with Crippen LogP contribution in [0.5, 0.6) is 5.75 Å². The number of sulfone groups is 1. The zero-order valence-electron chi connectivity index (χ0n) is 28.3. The highest BCUT2D eigenvalue weighted by atomic mass is 32.2. The van der Waals surface area contributed by atoms with Gasteiger partial charge in [0.2, 0.25) is 5.75 Å². The summed E-state index contributed by atoms with van der Waals surface area (Å²) >= 11 is 1.37. The number of ether oxygens (including phenoxy) is 1. The number of aryl methyl sites for hydroxylation is 1. The summed E-state index contributed by atoms with van der Waals surface area (Å²) in [6.07, 6.45) is 0. The van der Waals surface area contributed by atoms with Crippen LogP contribution < -0.4 is 15.0 Å². The summed E-state index contributed by atoms with van der Waals surface area (Å²) in [7, 11) is 2.24. The normalized spacial score (nSPS) is 13.9. The third-order valence-electron chi connectivity index (χ3n) is 8.30. The highest BCUT2D eigenvalue weighted by Crippen LogP contribution is 2.38. The molecule has 3 heterocycles. The van der Waals surface area contributed by atoms with Crippen molar-refractivity contribution in [3.8, 4) is 16.9 Å². The van der Waals surface area contributed by atoms with Crippen LogP contribution in [0.1, 0.15) is 11.3 Å². The minimum Gasteiger partial charge on any atom is -0.490 e. The predicted octanol–water partition coefficient (Wildman–Crippen LogP) is 5.74. The van der Waals surface area contributed by atoms with Crippen molar-refractivity contribution >= 4 is 39.1 Å². The molecule has 256 valence electrons. The number of hydrogen-bond donors (Lipinski definition) is 2. The lowest BCUT2D eigenvalue weighted by atomic mass is 10.0. The highest BCUT2D eigenvalue weighted by Gasteiger charge is 2.25. The van der Waals surface area contributed by atoms with Gasteiger partial charge in [-0.15, -0.1) is 0 Å². The number of nitrogens with zero attached hydrogens (tertiary/aromatic N) is 6. The summed E-state index contributed by atoms with van der Waals surface area (Å²) in [4.78, 5) is 17.8. The third kappa shape index (κ3) is 8.79. The smallest absolute Gasteiger partial charge is 0.204 e. The third-order valence-corrected chi connectivity index (χ3v) is 10.9. The number of piperazine rings is 1. The van der Waals surface area contributed by atoms with Gasteiger partial charge in [0.15, 0.2) is 32.4 Å². The Balaban J connectivity index is 1.22. The number of likely N-dealkylation sites (N-methyl/N-ethyl adjacent to an activating group) is 1. The van der Waals surface area contributed by atoms with Crippen LogP contribution in [0.4, 0.5) is 17.5 Å². The predicted molar refractivity (Wildman–Crippen MR) is 196 cm³/mol. The number of nitrogens with one attached hydrogen (secondary N) is 2. The molecule has 1 saturated heterocycles. The molecule has 0 aliphatic carbocycles. The van der Waals surface area contributed by atoms with Gasteiger partial charge in [-0.2, -0.15) is 5.10 Å². The van der Waals surface area contributed by atoms with E-state index in [0.717, 1.165) is 66.5 Å². The molecule has 1 fully saturated rings. The molecule has 2 aromatic heterocycles. The largest absolute Gasteiger partial charge is 0.490 e. The van der Waals surface area contributed by atoms with Gasteiger partial charge in [0.25, 0.3) is 0 Å². The Kier molecular flexibility index (Phi) is 10.8. The Hall–Kier alpha value is -4.43. The molecule has 6 rings (SSSR count). The van der Waals surface area contributed by atoms with Crippen LogP contribution >= 0.6 is 11.8 Å². The van der Waals surface area contributed by atoms with Gasteiger partial charge in [0.05, 0.1) is 17.8 Å². The molecule has 0 unspecified atom stereocenters. The van der Waals surface area contributed by atoms with E-state index in [4.69, 9.17) is 14.7 Å². The second-order valence-corrected chi connectivity index (χ2v) is 15.3. The number of rotatable bonds is 13. The summed E-state index contributed by atoms with van der Waals surface area (Å²) in [5, 5.41) is 11.1. The number of hydrogen-bond acceptors (Lipinski definition) is 11. The summed E-state index contributed by atoms with van der Waals surface area (Å²) in [5.41, 5.74) is 3.69. The second kappa shape index (κ2) is 15.4. The van der Waals surface area contributed by atoms with Crippen LogP contribution in [-0.4, -0.2) is 98.9 Å². The maximum absolute atomic E-state index is 13.5. The van der Waals surface area contributed by atoms with Crippen LogP contribution in [0.25, 0.3) is 11.1 Å². The van der Waals surface area contributed by atoms with Crippen LogP contribution in [0.3, 0.4) is 0 Å². The maximum Gasteiger partial charge on any atom is 0.204 e. The Morgan fingerprint density at radius 3 is 2.33 bits per heavy atom. The van der Waals surface area contributed by atoms with Crippen molar-refractivity contribution in [2.75, 3.05) is 70.7 Å². The lowest BCUT2D eigenvalue weighted by molar-refractivity contribution is 0.228. The minimum atomic E-state index is -3.58. The van der Waals surface area contributed by atoms with Gasteiger partial charge in [-0.05, 0) is 73.7 Å². The second-order valence-electron chi connectivity index (χ2n) is 12.3. The van der Waals surface area contributed by atoms with E-state index in [1.807, 2.05) is 67.6 Å². The van der Waals surface area contributed by atoms with Crippen molar-refractivity contribution in [1.29, 1.82) is 0 Å². The average Bonchev–Trinajstić information content (AvgIpc) is 3.52. The molecule has 0 radical (unpaired) electrons. The molecule has 0 spiro atoms. The zero-order valence-corrected chi connectivity index (χ0v) is 29.9. The first-order valence-corrected chi connectivity index (χ1v) is 18.7. The number of methoxy groups -OCH3 is 1. The van der Waals surface area contributed by atoms with Crippen LogP contribution in [0, 0.1) is 6.92 Å². The van der Waals surface area contributed by atoms with E-state index < -0.39 is 9.84 Å². The molecule has 1 aliphatic heterocycles. The van der Waals surface area contributed by atoms with Crippen LogP contribution in [-0.2, 0) is 15.6 Å². The number of aromatic amines is 1. The van der Waals surface area contributed by atoms with Crippen molar-refractivity contribution in [3.05, 3.63) is 96.2 Å². The van der Waals surface area contributed by atoms with Gasteiger partial charge in [-0.1, -0.05) is 54.6 Å². The van der Waals surface area contributed by atoms with Crippen LogP contribution in [0.2, 0.25) is 0 Å². The fourth-order valence-electron chi connectivity index (χ4n) is 5.67. The number of aromatic nitrogens is 4. The van der Waals surface area contributed by atoms with E-state index in [-0.39, 0.29) is 10.6 Å². The fourth-order valence-corrected chi connectivity index (χ4v) is 7.76. The molecule has 0 bridgehead atoms. The van der Waals surface area contributed by atoms with Crippen molar-refractivity contribution in [2.45, 2.75) is 27.6 Å². The first-order valence-electron chi connectivity index (χ1n) is 16.2. The lowest BCUT2D eigenvalue weighted by Gasteiger charge is -2.36. The quantitative estimate of drug-likeness (QED) is 0.147. The number of benzene rings is 3. The summed E-state index contributed by atoms with van der Waals surface area (Å²) < 4.78 is 32.8. The van der Waals surface area contributed by atoms with E-state index in [2.05, 4.69) is 44.3 Å². The first-order chi connectivity index (χ1) is 23.7. The molecule has 0 amide bonds. The van der Waals surface area contributed by atoms with E-state index in [9.17, 15) is 8.42 Å². The molecule has 11 nitrogen and oxygen atoms in total. The van der Waals surface area contributed by atoms with Crippen molar-refractivity contribution in [3.63, 3.8) is 0 Å². The molecule has 0 atom stereocenters. The minimum absolute atomic E-state index is 0.0881. The molecule has 3 aromatic carbocycles. The Labute approximate surface area is 292 Å². The summed E-state index contributed by atoms with van der Waals surface area (Å²) in [6, 6.07) is 26.5. The summed E-state index contributed by atoms with van der Waals surface area (Å²) in [5.74, 6) is 2.29. The van der Waals surface area contributed by atoms with Crippen molar-refractivity contribution < 1.29 is 13.2 Å². The van der Waals surface area contributed by atoms with Gasteiger partial charge in [0, 0.05) is 55.9 Å². The van der Waals surface area contributed by atoms with Gasteiger partial charge in [0.1, 0.15) is 0 Å². The lowest BCUT2D eigenvalue weighted by Crippen LogP contribution is -2.48. The van der Waals surface area contributed by atoms with E-state index in [1.165, 1.54) is 11.8 Å². The topological polar surface area (TPSA) is 120 Å². The van der Waals surface area contributed by atoms with Crippen LogP contribution in [0.15, 0.2) is 99.9 Å². The molecule has 49 heavy (non-hydrogen) atoms. The van der Waals surface area contributed by atoms with E-state index in [0.29, 0.717) is 28.4 Å². The Bertz CT molecular complexity index is 1960. The van der Waals surface area contributed by atoms with Crippen molar-refractivity contribution in [2.24, 2.45) is 0 Å². The molecular weight excluding hydrogens is 657 g/mol. The molecule has 5 aromatic rings. The number of anilines is 3. The number of H-pyrrole nitrogens is 1. The molecule has 0 saturated carbocycles. The maximum atomic E-state index is 13.5. The van der Waals surface area contributed by atoms with Crippen molar-refractivity contribution in [1.82, 2.24) is 30.0 Å². The van der Waals surface area contributed by atoms with Gasteiger partial charge < -0.3 is 19.9 Å². The van der Waals surface area contributed by atoms with E-state index in [1.54, 1.807) is 31.4 Å². The monoisotopic (exact) mass is 698 g/mol. The molecule has 13 heteroatoms. The van der Waals surface area contributed by atoms with E-state index >= 15 is 0 Å². The van der Waals surface area contributed by atoms with Gasteiger partial charge >= 0.3 is 0 Å². The molecule has 2 N–H and O–H groups in total. The van der Waals surface area contributed by atoms with Gasteiger partial charge in [-0.3, -0.25) is 10.00 Å². The average molecular weight is 699 g/mol. The van der Waals surface area contributed by atoms with Gasteiger partial charge in [-0.25, -0.2) is 18.4 Å². The molecular formula is C36H42N8O3S2.